The van der Waals surface area contributed by atoms with Crippen molar-refractivity contribution < 1.29 is 14.3 Å². The molecule has 0 aliphatic carbocycles. The molecule has 0 saturated heterocycles. The summed E-state index contributed by atoms with van der Waals surface area (Å²) >= 11 is 5.88. The number of benzene rings is 3. The number of rotatable bonds is 8. The lowest BCUT2D eigenvalue weighted by atomic mass is 10.1. The zero-order chi connectivity index (χ0) is 19.6. The number of halogens is 1. The molecule has 28 heavy (non-hydrogen) atoms. The van der Waals surface area contributed by atoms with Crippen molar-refractivity contribution in [3.63, 3.8) is 0 Å². The maximum atomic E-state index is 12.4. The molecule has 142 valence electrons. The highest BCUT2D eigenvalue weighted by atomic mass is 35.5. The van der Waals surface area contributed by atoms with Gasteiger partial charge in [0.05, 0.1) is 18.8 Å². The zero-order valence-corrected chi connectivity index (χ0v) is 16.1. The second kappa shape index (κ2) is 10.5. The van der Waals surface area contributed by atoms with Crippen molar-refractivity contribution in [3.8, 4) is 0 Å². The van der Waals surface area contributed by atoms with E-state index in [-0.39, 0.29) is 5.97 Å². The molecule has 0 aromatic heterocycles. The number of carbonyl (C=O) groups excluding carboxylic acids is 1. The minimum absolute atomic E-state index is 0.360. The quantitative estimate of drug-likeness (QED) is 0.267. The molecule has 0 amide bonds. The molecular formula is C24H21ClO3. The van der Waals surface area contributed by atoms with Gasteiger partial charge in [-0.05, 0) is 41.5 Å². The molecule has 4 heteroatoms. The van der Waals surface area contributed by atoms with Crippen LogP contribution in [0, 0.1) is 0 Å². The van der Waals surface area contributed by atoms with Crippen molar-refractivity contribution in [2.24, 2.45) is 0 Å². The molecule has 3 rings (SSSR count). The van der Waals surface area contributed by atoms with Gasteiger partial charge < -0.3 is 9.47 Å². The number of hydrogen-bond donors (Lipinski definition) is 0. The van der Waals surface area contributed by atoms with E-state index >= 15 is 0 Å². The lowest BCUT2D eigenvalue weighted by Gasteiger charge is -2.15. The number of carbonyl (C=O) groups is 1. The summed E-state index contributed by atoms with van der Waals surface area (Å²) < 4.78 is 11.4. The van der Waals surface area contributed by atoms with E-state index in [4.69, 9.17) is 21.1 Å². The van der Waals surface area contributed by atoms with Crippen LogP contribution in [0.15, 0.2) is 97.1 Å². The van der Waals surface area contributed by atoms with Crippen LogP contribution in [0.25, 0.3) is 0 Å². The molecule has 0 radical (unpaired) electrons. The van der Waals surface area contributed by atoms with Gasteiger partial charge in [0, 0.05) is 5.02 Å². The molecule has 3 nitrogen and oxygen atoms in total. The molecule has 0 heterocycles. The van der Waals surface area contributed by atoms with Crippen LogP contribution in [-0.4, -0.2) is 12.6 Å². The van der Waals surface area contributed by atoms with Gasteiger partial charge in [-0.1, -0.05) is 78.3 Å². The third-order valence-electron chi connectivity index (χ3n) is 4.08. The topological polar surface area (TPSA) is 35.5 Å². The Morgan fingerprint density at radius 3 is 2.21 bits per heavy atom. The summed E-state index contributed by atoms with van der Waals surface area (Å²) in [6.07, 6.45) is 3.23. The van der Waals surface area contributed by atoms with Crippen molar-refractivity contribution in [3.05, 3.63) is 119 Å². The van der Waals surface area contributed by atoms with E-state index in [2.05, 4.69) is 0 Å². The molecule has 0 fully saturated rings. The van der Waals surface area contributed by atoms with Gasteiger partial charge in [-0.25, -0.2) is 4.79 Å². The largest absolute Gasteiger partial charge is 0.450 e. The molecule has 1 atom stereocenters. The van der Waals surface area contributed by atoms with Crippen molar-refractivity contribution in [1.82, 2.24) is 0 Å². The summed E-state index contributed by atoms with van der Waals surface area (Å²) in [5.41, 5.74) is 2.48. The molecule has 0 N–H and O–H groups in total. The average molecular weight is 393 g/mol. The van der Waals surface area contributed by atoms with Gasteiger partial charge in [-0.3, -0.25) is 0 Å². The summed E-state index contributed by atoms with van der Waals surface area (Å²) in [6.45, 7) is 0.899. The normalized spacial score (nSPS) is 12.0. The average Bonchev–Trinajstić information content (AvgIpc) is 2.75. The van der Waals surface area contributed by atoms with E-state index in [1.54, 1.807) is 12.1 Å². The van der Waals surface area contributed by atoms with Crippen LogP contribution in [-0.2, 0) is 16.1 Å². The van der Waals surface area contributed by atoms with Crippen LogP contribution >= 0.6 is 11.6 Å². The molecular weight excluding hydrogens is 372 g/mol. The van der Waals surface area contributed by atoms with Crippen LogP contribution in [0.4, 0.5) is 0 Å². The van der Waals surface area contributed by atoms with Crippen molar-refractivity contribution in [2.45, 2.75) is 12.7 Å². The molecule has 0 aliphatic heterocycles. The number of hydrogen-bond acceptors (Lipinski definition) is 3. The summed E-state index contributed by atoms with van der Waals surface area (Å²) in [5, 5.41) is 0.703. The van der Waals surface area contributed by atoms with Crippen LogP contribution in [0.1, 0.15) is 27.6 Å². The Morgan fingerprint density at radius 1 is 0.893 bits per heavy atom. The van der Waals surface area contributed by atoms with Crippen LogP contribution in [0.5, 0.6) is 0 Å². The Kier molecular flexibility index (Phi) is 7.42. The van der Waals surface area contributed by atoms with Gasteiger partial charge in [0.1, 0.15) is 6.10 Å². The third-order valence-corrected chi connectivity index (χ3v) is 4.33. The fourth-order valence-electron chi connectivity index (χ4n) is 2.62. The molecule has 0 aliphatic rings. The fraction of sp³-hybridized carbons (Fsp3) is 0.125. The highest BCUT2D eigenvalue weighted by Gasteiger charge is 2.15. The van der Waals surface area contributed by atoms with Crippen LogP contribution in [0.3, 0.4) is 0 Å². The first kappa shape index (κ1) is 19.9. The summed E-state index contributed by atoms with van der Waals surface area (Å²) in [4.78, 5) is 12.4. The summed E-state index contributed by atoms with van der Waals surface area (Å²) in [5.74, 6) is -0.360. The summed E-state index contributed by atoms with van der Waals surface area (Å²) in [6, 6.07) is 26.1. The van der Waals surface area contributed by atoms with Crippen molar-refractivity contribution in [1.29, 1.82) is 0 Å². The third kappa shape index (κ3) is 6.08. The van der Waals surface area contributed by atoms with Gasteiger partial charge >= 0.3 is 5.97 Å². The van der Waals surface area contributed by atoms with E-state index in [0.29, 0.717) is 23.8 Å². The maximum absolute atomic E-state index is 12.4. The smallest absolute Gasteiger partial charge is 0.339 e. The molecule has 3 aromatic carbocycles. The number of esters is 1. The first-order valence-corrected chi connectivity index (χ1v) is 9.40. The van der Waals surface area contributed by atoms with E-state index < -0.39 is 6.10 Å². The SMILES string of the molecule is O=C(OC(/C=C/COCc1ccc(Cl)cc1)c1ccccc1)c1ccccc1. The van der Waals surface area contributed by atoms with E-state index in [9.17, 15) is 4.79 Å². The molecule has 3 aromatic rings. The maximum Gasteiger partial charge on any atom is 0.339 e. The van der Waals surface area contributed by atoms with Crippen molar-refractivity contribution in [2.75, 3.05) is 6.61 Å². The highest BCUT2D eigenvalue weighted by molar-refractivity contribution is 6.30. The summed E-state index contributed by atoms with van der Waals surface area (Å²) in [7, 11) is 0. The second-order valence-electron chi connectivity index (χ2n) is 6.17. The predicted octanol–water partition coefficient (Wildman–Crippen LogP) is 6.01. The Hall–Kier alpha value is -2.88. The lowest BCUT2D eigenvalue weighted by molar-refractivity contribution is 0.0389. The monoisotopic (exact) mass is 392 g/mol. The second-order valence-corrected chi connectivity index (χ2v) is 6.61. The predicted molar refractivity (Wildman–Crippen MR) is 111 cm³/mol. The van der Waals surface area contributed by atoms with Crippen molar-refractivity contribution >= 4 is 17.6 Å². The first-order chi connectivity index (χ1) is 13.7. The Bertz CT molecular complexity index is 890. The standard InChI is InChI=1S/C24H21ClO3/c25-22-15-13-19(14-16-22)18-27-17-7-12-23(20-8-3-1-4-9-20)28-24(26)21-10-5-2-6-11-21/h1-16,23H,17-18H2/b12-7+. The van der Waals surface area contributed by atoms with Gasteiger partial charge in [0.15, 0.2) is 0 Å². The minimum atomic E-state index is -0.479. The Morgan fingerprint density at radius 2 is 1.54 bits per heavy atom. The van der Waals surface area contributed by atoms with Crippen LogP contribution < -0.4 is 0 Å². The molecule has 0 spiro atoms. The Labute approximate surface area is 170 Å². The van der Waals surface area contributed by atoms with E-state index in [0.717, 1.165) is 11.1 Å². The van der Waals surface area contributed by atoms with Gasteiger partial charge in [-0.2, -0.15) is 0 Å². The molecule has 0 saturated carbocycles. The molecule has 1 unspecified atom stereocenters. The molecule has 0 bridgehead atoms. The zero-order valence-electron chi connectivity index (χ0n) is 15.3. The van der Waals surface area contributed by atoms with E-state index in [1.807, 2.05) is 84.9 Å². The van der Waals surface area contributed by atoms with Gasteiger partial charge in [0.2, 0.25) is 0 Å². The first-order valence-electron chi connectivity index (χ1n) is 9.02. The van der Waals surface area contributed by atoms with E-state index in [1.165, 1.54) is 0 Å². The highest BCUT2D eigenvalue weighted by Crippen LogP contribution is 2.21. The fourth-order valence-corrected chi connectivity index (χ4v) is 2.75. The Balaban J connectivity index is 1.60. The van der Waals surface area contributed by atoms with Gasteiger partial charge in [0.25, 0.3) is 0 Å². The van der Waals surface area contributed by atoms with Crippen LogP contribution in [0.2, 0.25) is 5.02 Å². The van der Waals surface area contributed by atoms with Gasteiger partial charge in [-0.15, -0.1) is 0 Å². The minimum Gasteiger partial charge on any atom is -0.450 e. The lowest BCUT2D eigenvalue weighted by Crippen LogP contribution is -2.10. The number of ether oxygens (including phenoxy) is 2.